The summed E-state index contributed by atoms with van der Waals surface area (Å²) in [6, 6.07) is 20.2. The summed E-state index contributed by atoms with van der Waals surface area (Å²) >= 11 is 0. The summed E-state index contributed by atoms with van der Waals surface area (Å²) in [6.45, 7) is 0. The van der Waals surface area contributed by atoms with Crippen LogP contribution in [-0.4, -0.2) is 15.2 Å². The van der Waals surface area contributed by atoms with Crippen molar-refractivity contribution in [1.29, 1.82) is 0 Å². The zero-order chi connectivity index (χ0) is 13.4. The van der Waals surface area contributed by atoms with Crippen molar-refractivity contribution in [3.05, 3.63) is 66.9 Å². The highest BCUT2D eigenvalue weighted by Crippen LogP contribution is 2.22. The monoisotopic (exact) mass is 257 g/mol. The molecule has 0 N–H and O–H groups in total. The molecule has 0 radical (unpaired) electrons. The van der Waals surface area contributed by atoms with Crippen LogP contribution in [0, 0.1) is 0 Å². The highest BCUT2D eigenvalue weighted by atomic mass is 15.1. The van der Waals surface area contributed by atoms with Gasteiger partial charge in [0.1, 0.15) is 5.69 Å². The summed E-state index contributed by atoms with van der Waals surface area (Å²) in [6.07, 6.45) is 1.88. The minimum absolute atomic E-state index is 0.800. The molecule has 4 aromatic rings. The van der Waals surface area contributed by atoms with Gasteiger partial charge in [-0.15, -0.1) is 10.2 Å². The fraction of sp³-hybridized carbons (Fsp3) is 0. The van der Waals surface area contributed by atoms with Gasteiger partial charge in [0.25, 0.3) is 0 Å². The Balaban J connectivity index is 1.91. The summed E-state index contributed by atoms with van der Waals surface area (Å²) in [5.74, 6) is 0. The van der Waals surface area contributed by atoms with Gasteiger partial charge < -0.3 is 0 Å². The SMILES string of the molecule is c1ccc2cc(-c3cc4ccccc4nn3)ncc2c1. The second-order valence-electron chi connectivity index (χ2n) is 4.71. The van der Waals surface area contributed by atoms with E-state index in [1.165, 1.54) is 0 Å². The molecule has 0 atom stereocenters. The van der Waals surface area contributed by atoms with Crippen molar-refractivity contribution < 1.29 is 0 Å². The van der Waals surface area contributed by atoms with Crippen LogP contribution < -0.4 is 0 Å². The van der Waals surface area contributed by atoms with E-state index in [4.69, 9.17) is 0 Å². The van der Waals surface area contributed by atoms with Crippen molar-refractivity contribution in [2.75, 3.05) is 0 Å². The van der Waals surface area contributed by atoms with Crippen molar-refractivity contribution in [1.82, 2.24) is 15.2 Å². The minimum atomic E-state index is 0.800. The Hall–Kier alpha value is -2.81. The van der Waals surface area contributed by atoms with Crippen molar-refractivity contribution in [3.63, 3.8) is 0 Å². The number of benzene rings is 2. The van der Waals surface area contributed by atoms with E-state index in [2.05, 4.69) is 27.3 Å². The standard InChI is InChI=1S/C17H11N3/c1-2-7-14-11-18-16(9-12(14)5-1)17-10-13-6-3-4-8-15(13)19-20-17/h1-11H. The third kappa shape index (κ3) is 1.80. The fourth-order valence-corrected chi connectivity index (χ4v) is 2.33. The molecule has 0 aliphatic rings. The molecule has 3 nitrogen and oxygen atoms in total. The summed E-state index contributed by atoms with van der Waals surface area (Å²) in [4.78, 5) is 4.48. The number of hydrogen-bond donors (Lipinski definition) is 0. The lowest BCUT2D eigenvalue weighted by atomic mass is 10.1. The van der Waals surface area contributed by atoms with Crippen LogP contribution in [0.5, 0.6) is 0 Å². The van der Waals surface area contributed by atoms with Gasteiger partial charge in [0.2, 0.25) is 0 Å². The maximum atomic E-state index is 4.48. The van der Waals surface area contributed by atoms with Gasteiger partial charge in [-0.3, -0.25) is 4.98 Å². The normalized spacial score (nSPS) is 11.0. The molecule has 0 saturated heterocycles. The van der Waals surface area contributed by atoms with Crippen LogP contribution in [0.3, 0.4) is 0 Å². The first kappa shape index (κ1) is 11.1. The van der Waals surface area contributed by atoms with Crippen LogP contribution in [0.15, 0.2) is 66.9 Å². The zero-order valence-electron chi connectivity index (χ0n) is 10.7. The van der Waals surface area contributed by atoms with Crippen molar-refractivity contribution in [2.45, 2.75) is 0 Å². The number of nitrogens with zero attached hydrogens (tertiary/aromatic N) is 3. The molecule has 2 aromatic heterocycles. The summed E-state index contributed by atoms with van der Waals surface area (Å²) in [5.41, 5.74) is 2.55. The Bertz CT molecular complexity index is 838. The van der Waals surface area contributed by atoms with E-state index in [0.717, 1.165) is 33.1 Å². The average Bonchev–Trinajstić information content (AvgIpc) is 2.54. The predicted octanol–water partition coefficient (Wildman–Crippen LogP) is 3.85. The Morgan fingerprint density at radius 3 is 2.20 bits per heavy atom. The van der Waals surface area contributed by atoms with E-state index < -0.39 is 0 Å². The van der Waals surface area contributed by atoms with E-state index in [0.29, 0.717) is 0 Å². The number of rotatable bonds is 1. The van der Waals surface area contributed by atoms with E-state index in [-0.39, 0.29) is 0 Å². The lowest BCUT2D eigenvalue weighted by molar-refractivity contribution is 1.07. The van der Waals surface area contributed by atoms with Gasteiger partial charge >= 0.3 is 0 Å². The van der Waals surface area contributed by atoms with E-state index in [9.17, 15) is 0 Å². The Kier molecular flexibility index (Phi) is 2.42. The first-order valence-electron chi connectivity index (χ1n) is 6.48. The van der Waals surface area contributed by atoms with Gasteiger partial charge in [-0.1, -0.05) is 42.5 Å². The van der Waals surface area contributed by atoms with Crippen LogP contribution in [-0.2, 0) is 0 Å². The molecule has 94 valence electrons. The van der Waals surface area contributed by atoms with Gasteiger partial charge in [-0.25, -0.2) is 0 Å². The highest BCUT2D eigenvalue weighted by molar-refractivity contribution is 5.86. The number of hydrogen-bond acceptors (Lipinski definition) is 3. The molecule has 0 aliphatic heterocycles. The lowest BCUT2D eigenvalue weighted by Crippen LogP contribution is -1.91. The molecule has 0 aliphatic carbocycles. The largest absolute Gasteiger partial charge is 0.254 e. The molecule has 0 unspecified atom stereocenters. The fourth-order valence-electron chi connectivity index (χ4n) is 2.33. The van der Waals surface area contributed by atoms with Gasteiger partial charge in [0.05, 0.1) is 11.2 Å². The maximum Gasteiger partial charge on any atom is 0.112 e. The highest BCUT2D eigenvalue weighted by Gasteiger charge is 2.04. The smallest absolute Gasteiger partial charge is 0.112 e. The van der Waals surface area contributed by atoms with Crippen molar-refractivity contribution in [2.24, 2.45) is 0 Å². The molecule has 0 bridgehead atoms. The van der Waals surface area contributed by atoms with Crippen LogP contribution in [0.25, 0.3) is 33.1 Å². The van der Waals surface area contributed by atoms with Crippen LogP contribution in [0.4, 0.5) is 0 Å². The first-order chi connectivity index (χ1) is 9.90. The third-order valence-corrected chi connectivity index (χ3v) is 3.39. The van der Waals surface area contributed by atoms with E-state index in [1.807, 2.05) is 54.7 Å². The van der Waals surface area contributed by atoms with E-state index in [1.54, 1.807) is 0 Å². The summed E-state index contributed by atoms with van der Waals surface area (Å²) < 4.78 is 0. The molecular formula is C17H11N3. The third-order valence-electron chi connectivity index (χ3n) is 3.39. The average molecular weight is 257 g/mol. The van der Waals surface area contributed by atoms with Gasteiger partial charge in [0.15, 0.2) is 0 Å². The second-order valence-corrected chi connectivity index (χ2v) is 4.71. The molecule has 3 heteroatoms. The molecule has 0 amide bonds. The quantitative estimate of drug-likeness (QED) is 0.520. The molecule has 0 saturated carbocycles. The Morgan fingerprint density at radius 1 is 0.600 bits per heavy atom. The van der Waals surface area contributed by atoms with Crippen molar-refractivity contribution in [3.8, 4) is 11.4 Å². The Morgan fingerprint density at radius 2 is 1.30 bits per heavy atom. The second kappa shape index (κ2) is 4.38. The molecule has 4 rings (SSSR count). The zero-order valence-corrected chi connectivity index (χ0v) is 10.7. The van der Waals surface area contributed by atoms with E-state index >= 15 is 0 Å². The van der Waals surface area contributed by atoms with Crippen LogP contribution >= 0.6 is 0 Å². The van der Waals surface area contributed by atoms with Crippen LogP contribution in [0.1, 0.15) is 0 Å². The maximum absolute atomic E-state index is 4.48. The Labute approximate surface area is 115 Å². The van der Waals surface area contributed by atoms with Gasteiger partial charge in [0, 0.05) is 17.0 Å². The minimum Gasteiger partial charge on any atom is -0.254 e. The molecular weight excluding hydrogens is 246 g/mol. The lowest BCUT2D eigenvalue weighted by Gasteiger charge is -2.03. The summed E-state index contributed by atoms with van der Waals surface area (Å²) in [7, 11) is 0. The van der Waals surface area contributed by atoms with Gasteiger partial charge in [-0.2, -0.15) is 0 Å². The molecule has 0 fully saturated rings. The first-order valence-corrected chi connectivity index (χ1v) is 6.48. The predicted molar refractivity (Wildman–Crippen MR) is 80.3 cm³/mol. The van der Waals surface area contributed by atoms with Gasteiger partial charge in [-0.05, 0) is 23.6 Å². The molecule has 2 aromatic carbocycles. The number of pyridine rings is 1. The molecule has 20 heavy (non-hydrogen) atoms. The van der Waals surface area contributed by atoms with Crippen molar-refractivity contribution >= 4 is 21.7 Å². The molecule has 0 spiro atoms. The topological polar surface area (TPSA) is 38.7 Å². The molecule has 2 heterocycles. The number of aromatic nitrogens is 3. The van der Waals surface area contributed by atoms with Crippen LogP contribution in [0.2, 0.25) is 0 Å². The number of fused-ring (bicyclic) bond motifs is 2. The summed E-state index contributed by atoms with van der Waals surface area (Å²) in [5, 5.41) is 11.9.